The van der Waals surface area contributed by atoms with E-state index in [1.165, 1.54) is 16.0 Å². The minimum Gasteiger partial charge on any atom is -0.398 e. The van der Waals surface area contributed by atoms with Crippen LogP contribution in [0.25, 0.3) is 10.4 Å². The predicted octanol–water partition coefficient (Wildman–Crippen LogP) is 3.95. The summed E-state index contributed by atoms with van der Waals surface area (Å²) in [6.07, 6.45) is 2.21. The summed E-state index contributed by atoms with van der Waals surface area (Å²) in [5.74, 6) is 0. The predicted molar refractivity (Wildman–Crippen MR) is 68.2 cm³/mol. The zero-order chi connectivity index (χ0) is 10.7. The molecule has 0 amide bonds. The Labute approximate surface area is 94.6 Å². The summed E-state index contributed by atoms with van der Waals surface area (Å²) in [7, 11) is 0. The molecule has 1 heterocycles. The van der Waals surface area contributed by atoms with E-state index >= 15 is 0 Å². The van der Waals surface area contributed by atoms with E-state index in [4.69, 9.17) is 5.73 Å². The quantitative estimate of drug-likeness (QED) is 0.774. The highest BCUT2D eigenvalue weighted by atomic mass is 32.1. The van der Waals surface area contributed by atoms with E-state index in [0.29, 0.717) is 0 Å². The maximum atomic E-state index is 6.02. The first-order valence-electron chi connectivity index (χ1n) is 5.23. The Hall–Kier alpha value is -1.28. The molecule has 0 saturated heterocycles. The zero-order valence-corrected chi connectivity index (χ0v) is 9.68. The molecule has 0 bridgehead atoms. The van der Waals surface area contributed by atoms with Crippen molar-refractivity contribution in [3.63, 3.8) is 0 Å². The molecule has 2 rings (SSSR count). The van der Waals surface area contributed by atoms with E-state index in [2.05, 4.69) is 42.6 Å². The van der Waals surface area contributed by atoms with Crippen molar-refractivity contribution in [2.45, 2.75) is 19.8 Å². The van der Waals surface area contributed by atoms with Gasteiger partial charge in [-0.2, -0.15) is 0 Å². The van der Waals surface area contributed by atoms with Crippen LogP contribution in [0.3, 0.4) is 0 Å². The number of benzene rings is 1. The van der Waals surface area contributed by atoms with Gasteiger partial charge in [0.1, 0.15) is 0 Å². The molecule has 1 aromatic heterocycles. The van der Waals surface area contributed by atoms with Crippen molar-refractivity contribution in [2.24, 2.45) is 0 Å². The van der Waals surface area contributed by atoms with E-state index in [1.54, 1.807) is 11.3 Å². The first-order valence-corrected chi connectivity index (χ1v) is 6.11. The normalized spacial score (nSPS) is 10.5. The molecule has 0 saturated carbocycles. The standard InChI is InChI=1S/C13H15NS/c1-2-4-10-6-7-11(9-12(10)14)13-5-3-8-15-13/h3,5-9H,2,4,14H2,1H3. The lowest BCUT2D eigenvalue weighted by Gasteiger charge is -2.06. The summed E-state index contributed by atoms with van der Waals surface area (Å²) in [5, 5.41) is 2.09. The van der Waals surface area contributed by atoms with E-state index in [1.807, 2.05) is 0 Å². The van der Waals surface area contributed by atoms with Gasteiger partial charge in [-0.05, 0) is 35.1 Å². The van der Waals surface area contributed by atoms with Gasteiger partial charge in [-0.1, -0.05) is 31.5 Å². The van der Waals surface area contributed by atoms with Crippen molar-refractivity contribution in [1.29, 1.82) is 0 Å². The van der Waals surface area contributed by atoms with Gasteiger partial charge in [0, 0.05) is 10.6 Å². The number of rotatable bonds is 3. The fraction of sp³-hybridized carbons (Fsp3) is 0.231. The Morgan fingerprint density at radius 3 is 2.73 bits per heavy atom. The molecule has 0 spiro atoms. The van der Waals surface area contributed by atoms with Crippen LogP contribution in [0.1, 0.15) is 18.9 Å². The van der Waals surface area contributed by atoms with Gasteiger partial charge in [0.25, 0.3) is 0 Å². The maximum absolute atomic E-state index is 6.02. The van der Waals surface area contributed by atoms with E-state index in [-0.39, 0.29) is 0 Å². The monoisotopic (exact) mass is 217 g/mol. The fourth-order valence-electron chi connectivity index (χ4n) is 1.69. The van der Waals surface area contributed by atoms with Gasteiger partial charge < -0.3 is 5.73 Å². The minimum absolute atomic E-state index is 0.919. The summed E-state index contributed by atoms with van der Waals surface area (Å²) in [6, 6.07) is 10.6. The first-order chi connectivity index (χ1) is 7.31. The largest absolute Gasteiger partial charge is 0.398 e. The molecule has 0 unspecified atom stereocenters. The van der Waals surface area contributed by atoms with Crippen LogP contribution in [0.5, 0.6) is 0 Å². The molecule has 1 aromatic carbocycles. The van der Waals surface area contributed by atoms with Crippen molar-refractivity contribution < 1.29 is 0 Å². The van der Waals surface area contributed by atoms with Gasteiger partial charge in [0.2, 0.25) is 0 Å². The molecule has 0 atom stereocenters. The highest BCUT2D eigenvalue weighted by molar-refractivity contribution is 7.13. The number of aryl methyl sites for hydroxylation is 1. The third-order valence-corrected chi connectivity index (χ3v) is 3.39. The summed E-state index contributed by atoms with van der Waals surface area (Å²) in [6.45, 7) is 2.17. The number of thiophene rings is 1. The second-order valence-electron chi connectivity index (χ2n) is 3.64. The molecule has 1 nitrogen and oxygen atoms in total. The molecule has 0 fully saturated rings. The van der Waals surface area contributed by atoms with E-state index in [9.17, 15) is 0 Å². The third kappa shape index (κ3) is 2.21. The second kappa shape index (κ2) is 4.49. The molecule has 2 N–H and O–H groups in total. The van der Waals surface area contributed by atoms with E-state index < -0.39 is 0 Å². The molecule has 0 radical (unpaired) electrons. The second-order valence-corrected chi connectivity index (χ2v) is 4.59. The SMILES string of the molecule is CCCc1ccc(-c2cccs2)cc1N. The van der Waals surface area contributed by atoms with Crippen LogP contribution in [0.15, 0.2) is 35.7 Å². The first kappa shape index (κ1) is 10.2. The molecule has 0 aliphatic rings. The Balaban J connectivity index is 2.33. The average molecular weight is 217 g/mol. The molecule has 0 aliphatic carbocycles. The number of hydrogen-bond acceptors (Lipinski definition) is 2. The molecule has 0 aliphatic heterocycles. The van der Waals surface area contributed by atoms with Gasteiger partial charge in [-0.25, -0.2) is 0 Å². The Kier molecular flexibility index (Phi) is 3.07. The minimum atomic E-state index is 0.919. The van der Waals surface area contributed by atoms with Crippen molar-refractivity contribution in [2.75, 3.05) is 5.73 Å². The van der Waals surface area contributed by atoms with Crippen LogP contribution in [0.4, 0.5) is 5.69 Å². The van der Waals surface area contributed by atoms with Crippen LogP contribution < -0.4 is 5.73 Å². The number of hydrogen-bond donors (Lipinski definition) is 1. The molecule has 78 valence electrons. The zero-order valence-electron chi connectivity index (χ0n) is 8.86. The van der Waals surface area contributed by atoms with Crippen molar-refractivity contribution in [3.8, 4) is 10.4 Å². The summed E-state index contributed by atoms with van der Waals surface area (Å²) in [4.78, 5) is 1.28. The number of nitrogens with two attached hydrogens (primary N) is 1. The average Bonchev–Trinajstić information content (AvgIpc) is 2.74. The van der Waals surface area contributed by atoms with Gasteiger partial charge in [-0.15, -0.1) is 11.3 Å². The fourth-order valence-corrected chi connectivity index (χ4v) is 2.41. The lowest BCUT2D eigenvalue weighted by Crippen LogP contribution is -1.93. The Morgan fingerprint density at radius 2 is 2.13 bits per heavy atom. The Morgan fingerprint density at radius 1 is 1.27 bits per heavy atom. The van der Waals surface area contributed by atoms with Crippen LogP contribution in [0.2, 0.25) is 0 Å². The molecule has 2 heteroatoms. The van der Waals surface area contributed by atoms with Crippen LogP contribution in [0, 0.1) is 0 Å². The summed E-state index contributed by atoms with van der Waals surface area (Å²) < 4.78 is 0. The van der Waals surface area contributed by atoms with Crippen LogP contribution in [-0.4, -0.2) is 0 Å². The number of nitrogen functional groups attached to an aromatic ring is 1. The molecular formula is C13H15NS. The maximum Gasteiger partial charge on any atom is 0.0353 e. The Bertz CT molecular complexity index is 432. The van der Waals surface area contributed by atoms with Crippen molar-refractivity contribution in [1.82, 2.24) is 0 Å². The smallest absolute Gasteiger partial charge is 0.0353 e. The van der Waals surface area contributed by atoms with Gasteiger partial charge in [0.05, 0.1) is 0 Å². The highest BCUT2D eigenvalue weighted by Gasteiger charge is 2.02. The van der Waals surface area contributed by atoms with Gasteiger partial charge in [0.15, 0.2) is 0 Å². The topological polar surface area (TPSA) is 26.0 Å². The highest BCUT2D eigenvalue weighted by Crippen LogP contribution is 2.28. The third-order valence-electron chi connectivity index (χ3n) is 2.47. The summed E-state index contributed by atoms with van der Waals surface area (Å²) in [5.41, 5.74) is 9.42. The summed E-state index contributed by atoms with van der Waals surface area (Å²) >= 11 is 1.75. The van der Waals surface area contributed by atoms with Gasteiger partial charge >= 0.3 is 0 Å². The van der Waals surface area contributed by atoms with Gasteiger partial charge in [-0.3, -0.25) is 0 Å². The molecular weight excluding hydrogens is 202 g/mol. The lowest BCUT2D eigenvalue weighted by atomic mass is 10.0. The molecule has 15 heavy (non-hydrogen) atoms. The van der Waals surface area contributed by atoms with Crippen molar-refractivity contribution >= 4 is 17.0 Å². The van der Waals surface area contributed by atoms with Crippen LogP contribution in [-0.2, 0) is 6.42 Å². The lowest BCUT2D eigenvalue weighted by molar-refractivity contribution is 0.924. The van der Waals surface area contributed by atoms with Crippen LogP contribution >= 0.6 is 11.3 Å². The molecule has 2 aromatic rings. The van der Waals surface area contributed by atoms with Crippen molar-refractivity contribution in [3.05, 3.63) is 41.3 Å². The number of anilines is 1. The van der Waals surface area contributed by atoms with E-state index in [0.717, 1.165) is 18.5 Å².